The largest absolute Gasteiger partial charge is 0.497 e. The fraction of sp³-hybridized carbons (Fsp3) is 0.120. The van der Waals surface area contributed by atoms with Gasteiger partial charge in [0.05, 0.1) is 25.0 Å². The van der Waals surface area contributed by atoms with E-state index in [0.717, 1.165) is 4.90 Å². The summed E-state index contributed by atoms with van der Waals surface area (Å²) < 4.78 is 24.2. The average molecular weight is 432 g/mol. The van der Waals surface area contributed by atoms with Gasteiger partial charge < -0.3 is 14.8 Å². The number of carbonyl (C=O) groups excluding carboxylic acids is 2. The van der Waals surface area contributed by atoms with E-state index in [1.807, 2.05) is 6.92 Å². The van der Waals surface area contributed by atoms with E-state index < -0.39 is 17.6 Å². The summed E-state index contributed by atoms with van der Waals surface area (Å²) in [6, 6.07) is 19.2. The molecular weight excluding hydrogens is 411 g/mol. The normalized spacial score (nSPS) is 13.5. The first-order valence-corrected chi connectivity index (χ1v) is 10.0. The topological polar surface area (TPSA) is 67.9 Å². The molecule has 4 rings (SSSR count). The van der Waals surface area contributed by atoms with Gasteiger partial charge in [-0.15, -0.1) is 0 Å². The van der Waals surface area contributed by atoms with E-state index in [1.165, 1.54) is 24.3 Å². The zero-order chi connectivity index (χ0) is 22.7. The Kier molecular flexibility index (Phi) is 5.89. The van der Waals surface area contributed by atoms with Crippen LogP contribution in [0.5, 0.6) is 11.5 Å². The predicted molar refractivity (Wildman–Crippen MR) is 120 cm³/mol. The van der Waals surface area contributed by atoms with Crippen LogP contribution in [-0.2, 0) is 9.59 Å². The van der Waals surface area contributed by atoms with Crippen molar-refractivity contribution in [3.63, 3.8) is 0 Å². The molecule has 0 saturated heterocycles. The minimum Gasteiger partial charge on any atom is -0.497 e. The maximum atomic E-state index is 13.5. The van der Waals surface area contributed by atoms with E-state index in [2.05, 4.69) is 5.32 Å². The van der Waals surface area contributed by atoms with Gasteiger partial charge in [0.25, 0.3) is 11.8 Å². The number of carbonyl (C=O) groups is 2. The highest BCUT2D eigenvalue weighted by Gasteiger charge is 2.40. The first-order chi connectivity index (χ1) is 15.5. The number of amides is 2. The van der Waals surface area contributed by atoms with E-state index in [1.54, 1.807) is 55.6 Å². The molecule has 1 aliphatic rings. The van der Waals surface area contributed by atoms with Gasteiger partial charge in [-0.25, -0.2) is 9.29 Å². The van der Waals surface area contributed by atoms with Crippen molar-refractivity contribution in [3.8, 4) is 11.5 Å². The van der Waals surface area contributed by atoms with E-state index in [-0.39, 0.29) is 11.3 Å². The molecule has 0 atom stereocenters. The number of anilines is 2. The third kappa shape index (κ3) is 4.05. The third-order valence-electron chi connectivity index (χ3n) is 4.96. The van der Waals surface area contributed by atoms with Crippen molar-refractivity contribution in [2.75, 3.05) is 23.9 Å². The van der Waals surface area contributed by atoms with Crippen molar-refractivity contribution in [1.82, 2.24) is 0 Å². The zero-order valence-electron chi connectivity index (χ0n) is 17.6. The molecule has 32 heavy (non-hydrogen) atoms. The maximum absolute atomic E-state index is 13.5. The molecule has 1 N–H and O–H groups in total. The van der Waals surface area contributed by atoms with Crippen LogP contribution >= 0.6 is 0 Å². The summed E-state index contributed by atoms with van der Waals surface area (Å²) >= 11 is 0. The molecular formula is C25H21FN2O4. The summed E-state index contributed by atoms with van der Waals surface area (Å²) in [7, 11) is 1.54. The number of hydrogen-bond donors (Lipinski definition) is 1. The molecule has 0 unspecified atom stereocenters. The van der Waals surface area contributed by atoms with Crippen LogP contribution in [0.2, 0.25) is 0 Å². The zero-order valence-corrected chi connectivity index (χ0v) is 17.6. The first-order valence-electron chi connectivity index (χ1n) is 10.0. The Bertz CT molecular complexity index is 1190. The van der Waals surface area contributed by atoms with Crippen LogP contribution in [0.3, 0.4) is 0 Å². The van der Waals surface area contributed by atoms with Crippen molar-refractivity contribution >= 4 is 28.8 Å². The second-order valence-electron chi connectivity index (χ2n) is 6.99. The molecule has 3 aromatic rings. The van der Waals surface area contributed by atoms with Crippen molar-refractivity contribution < 1.29 is 23.5 Å². The van der Waals surface area contributed by atoms with Gasteiger partial charge in [0, 0.05) is 11.8 Å². The lowest BCUT2D eigenvalue weighted by Crippen LogP contribution is -2.32. The molecule has 0 spiro atoms. The molecule has 7 heteroatoms. The summed E-state index contributed by atoms with van der Waals surface area (Å²) in [6.07, 6.45) is 0. The van der Waals surface area contributed by atoms with Gasteiger partial charge in [-0.1, -0.05) is 18.2 Å². The van der Waals surface area contributed by atoms with Gasteiger partial charge in [0.1, 0.15) is 23.0 Å². The van der Waals surface area contributed by atoms with Gasteiger partial charge in [-0.2, -0.15) is 0 Å². The maximum Gasteiger partial charge on any atom is 0.282 e. The molecule has 0 aromatic heterocycles. The van der Waals surface area contributed by atoms with Crippen molar-refractivity contribution in [1.29, 1.82) is 0 Å². The number of ether oxygens (including phenoxy) is 2. The highest BCUT2D eigenvalue weighted by atomic mass is 19.1. The molecule has 0 fully saturated rings. The molecule has 1 heterocycles. The summed E-state index contributed by atoms with van der Waals surface area (Å²) in [5.74, 6) is -0.217. The standard InChI is InChI=1S/C25H21FN2O4/c1-3-32-20-13-11-19(12-14-20)28-24(29)22(16-7-9-17(26)10-8-16)23(25(28)30)27-18-5-4-6-21(15-18)31-2/h4-15,27H,3H2,1-2H3. The smallest absolute Gasteiger partial charge is 0.282 e. The minimum absolute atomic E-state index is 0.101. The van der Waals surface area contributed by atoms with Gasteiger partial charge in [0.15, 0.2) is 0 Å². The van der Waals surface area contributed by atoms with Gasteiger partial charge in [-0.05, 0) is 61.0 Å². The van der Waals surface area contributed by atoms with Crippen LogP contribution in [0.4, 0.5) is 15.8 Å². The Balaban J connectivity index is 1.76. The van der Waals surface area contributed by atoms with E-state index in [9.17, 15) is 14.0 Å². The van der Waals surface area contributed by atoms with Crippen LogP contribution in [0.1, 0.15) is 12.5 Å². The molecule has 0 aliphatic carbocycles. The van der Waals surface area contributed by atoms with Crippen LogP contribution in [0.25, 0.3) is 5.57 Å². The molecule has 3 aromatic carbocycles. The highest BCUT2D eigenvalue weighted by molar-refractivity contribution is 6.46. The molecule has 1 aliphatic heterocycles. The van der Waals surface area contributed by atoms with Crippen molar-refractivity contribution in [2.24, 2.45) is 0 Å². The average Bonchev–Trinajstić information content (AvgIpc) is 3.05. The quantitative estimate of drug-likeness (QED) is 0.552. The van der Waals surface area contributed by atoms with Crippen LogP contribution < -0.4 is 19.7 Å². The number of rotatable bonds is 7. The summed E-state index contributed by atoms with van der Waals surface area (Å²) in [4.78, 5) is 27.9. The van der Waals surface area contributed by atoms with Crippen molar-refractivity contribution in [3.05, 3.63) is 89.9 Å². The Hall–Kier alpha value is -4.13. The van der Waals surface area contributed by atoms with Crippen LogP contribution in [0.15, 0.2) is 78.5 Å². The fourth-order valence-corrected chi connectivity index (χ4v) is 3.47. The number of benzene rings is 3. The lowest BCUT2D eigenvalue weighted by Gasteiger charge is -2.16. The SMILES string of the molecule is CCOc1ccc(N2C(=O)C(Nc3cccc(OC)c3)=C(c3ccc(F)cc3)C2=O)cc1. The molecule has 2 amide bonds. The van der Waals surface area contributed by atoms with Gasteiger partial charge >= 0.3 is 0 Å². The number of imide groups is 1. The Morgan fingerprint density at radius 3 is 2.28 bits per heavy atom. The number of nitrogens with zero attached hydrogens (tertiary/aromatic N) is 1. The molecule has 6 nitrogen and oxygen atoms in total. The summed E-state index contributed by atoms with van der Waals surface area (Å²) in [5, 5.41) is 3.06. The molecule has 0 bridgehead atoms. The Morgan fingerprint density at radius 1 is 0.906 bits per heavy atom. The Labute approximate surface area is 184 Å². The second kappa shape index (κ2) is 8.93. The highest BCUT2D eigenvalue weighted by Crippen LogP contribution is 2.34. The van der Waals surface area contributed by atoms with Gasteiger partial charge in [0.2, 0.25) is 0 Å². The van der Waals surface area contributed by atoms with Crippen molar-refractivity contribution in [2.45, 2.75) is 6.92 Å². The lowest BCUT2D eigenvalue weighted by molar-refractivity contribution is -0.120. The first kappa shape index (κ1) is 21.1. The number of hydrogen-bond acceptors (Lipinski definition) is 5. The fourth-order valence-electron chi connectivity index (χ4n) is 3.47. The number of methoxy groups -OCH3 is 1. The third-order valence-corrected chi connectivity index (χ3v) is 4.96. The van der Waals surface area contributed by atoms with Crippen LogP contribution in [-0.4, -0.2) is 25.5 Å². The molecule has 0 radical (unpaired) electrons. The van der Waals surface area contributed by atoms with E-state index in [4.69, 9.17) is 9.47 Å². The summed E-state index contributed by atoms with van der Waals surface area (Å²) in [5.41, 5.74) is 1.68. The monoisotopic (exact) mass is 432 g/mol. The van der Waals surface area contributed by atoms with Crippen LogP contribution in [0, 0.1) is 5.82 Å². The predicted octanol–water partition coefficient (Wildman–Crippen LogP) is 4.63. The summed E-state index contributed by atoms with van der Waals surface area (Å²) in [6.45, 7) is 2.38. The van der Waals surface area contributed by atoms with E-state index in [0.29, 0.717) is 35.0 Å². The Morgan fingerprint density at radius 2 is 1.62 bits per heavy atom. The minimum atomic E-state index is -0.513. The van der Waals surface area contributed by atoms with E-state index >= 15 is 0 Å². The molecule has 162 valence electrons. The van der Waals surface area contributed by atoms with Gasteiger partial charge in [-0.3, -0.25) is 9.59 Å². The molecule has 0 saturated carbocycles. The number of nitrogens with one attached hydrogen (secondary N) is 1. The second-order valence-corrected chi connectivity index (χ2v) is 6.99. The lowest BCUT2D eigenvalue weighted by atomic mass is 10.0. The number of halogens is 1.